The molecule has 0 saturated carbocycles. The van der Waals surface area contributed by atoms with Crippen LogP contribution in [0.1, 0.15) is 50.9 Å². The Morgan fingerprint density at radius 3 is 2.35 bits per heavy atom. The summed E-state index contributed by atoms with van der Waals surface area (Å²) in [5, 5.41) is 0. The molecule has 0 aliphatic heterocycles. The minimum atomic E-state index is -0.379. The van der Waals surface area contributed by atoms with Gasteiger partial charge >= 0.3 is 0 Å². The van der Waals surface area contributed by atoms with Crippen LogP contribution < -0.4 is 14.2 Å². The van der Waals surface area contributed by atoms with E-state index < -0.39 is 0 Å². The van der Waals surface area contributed by atoms with Crippen molar-refractivity contribution in [3.63, 3.8) is 0 Å². The zero-order valence-corrected chi connectivity index (χ0v) is 13.0. The number of benzene rings is 1. The van der Waals surface area contributed by atoms with Gasteiger partial charge in [0.1, 0.15) is 11.9 Å². The van der Waals surface area contributed by atoms with Crippen LogP contribution in [0, 0.1) is 0 Å². The van der Waals surface area contributed by atoms with Crippen LogP contribution in [-0.2, 0) is 0 Å². The summed E-state index contributed by atoms with van der Waals surface area (Å²) in [4.78, 5) is 11.1. The van der Waals surface area contributed by atoms with Crippen molar-refractivity contribution >= 4 is 6.29 Å². The third-order valence-electron chi connectivity index (χ3n) is 2.55. The second-order valence-electron chi connectivity index (χ2n) is 5.58. The van der Waals surface area contributed by atoms with E-state index in [0.29, 0.717) is 29.4 Å². The maximum absolute atomic E-state index is 11.1. The number of rotatable bonds is 7. The Morgan fingerprint density at radius 1 is 1.20 bits per heavy atom. The van der Waals surface area contributed by atoms with Gasteiger partial charge in [0.15, 0.2) is 11.5 Å². The number of methoxy groups -OCH3 is 1. The Labute approximate surface area is 121 Å². The van der Waals surface area contributed by atoms with E-state index in [1.165, 1.54) is 0 Å². The van der Waals surface area contributed by atoms with Crippen molar-refractivity contribution < 1.29 is 19.0 Å². The summed E-state index contributed by atoms with van der Waals surface area (Å²) in [6.07, 6.45) is 2.77. The van der Waals surface area contributed by atoms with Gasteiger partial charge in [0.2, 0.25) is 5.75 Å². The lowest BCUT2D eigenvalue weighted by Gasteiger charge is -2.24. The quantitative estimate of drug-likeness (QED) is 0.562. The highest BCUT2D eigenvalue weighted by Gasteiger charge is 2.19. The molecule has 0 heterocycles. The molecule has 0 fully saturated rings. The average Bonchev–Trinajstić information content (AvgIpc) is 2.36. The Hall–Kier alpha value is -1.71. The number of hydrogen-bond acceptors (Lipinski definition) is 4. The maximum atomic E-state index is 11.1. The van der Waals surface area contributed by atoms with Crippen LogP contribution in [0.3, 0.4) is 0 Å². The van der Waals surface area contributed by atoms with Gasteiger partial charge in [-0.05, 0) is 39.3 Å². The molecule has 0 amide bonds. The van der Waals surface area contributed by atoms with Crippen LogP contribution >= 0.6 is 0 Å². The molecule has 1 aromatic carbocycles. The van der Waals surface area contributed by atoms with Gasteiger partial charge in [-0.2, -0.15) is 0 Å². The molecule has 0 aromatic heterocycles. The smallest absolute Gasteiger partial charge is 0.203 e. The first-order valence-electron chi connectivity index (χ1n) is 6.90. The molecule has 4 nitrogen and oxygen atoms in total. The van der Waals surface area contributed by atoms with Gasteiger partial charge in [-0.3, -0.25) is 4.79 Å². The fraction of sp³-hybridized carbons (Fsp3) is 0.562. The summed E-state index contributed by atoms with van der Waals surface area (Å²) in [6, 6.07) is 3.35. The second kappa shape index (κ2) is 7.17. The minimum Gasteiger partial charge on any atom is -0.490 e. The monoisotopic (exact) mass is 280 g/mol. The van der Waals surface area contributed by atoms with Gasteiger partial charge in [-0.1, -0.05) is 13.3 Å². The Kier molecular flexibility index (Phi) is 5.86. The van der Waals surface area contributed by atoms with Crippen molar-refractivity contribution in [2.24, 2.45) is 0 Å². The second-order valence-corrected chi connectivity index (χ2v) is 5.58. The van der Waals surface area contributed by atoms with E-state index in [0.717, 1.165) is 19.1 Å². The summed E-state index contributed by atoms with van der Waals surface area (Å²) >= 11 is 0. The maximum Gasteiger partial charge on any atom is 0.203 e. The lowest BCUT2D eigenvalue weighted by atomic mass is 10.1. The summed E-state index contributed by atoms with van der Waals surface area (Å²) in [7, 11) is 1.57. The largest absolute Gasteiger partial charge is 0.490 e. The molecule has 0 unspecified atom stereocenters. The SMILES string of the molecule is CCCCOc1cc(C=O)cc(OC(C)(C)C)c1OC. The van der Waals surface area contributed by atoms with Crippen LogP contribution in [0.25, 0.3) is 0 Å². The van der Waals surface area contributed by atoms with Crippen molar-refractivity contribution in [3.8, 4) is 17.2 Å². The molecule has 0 atom stereocenters. The molecule has 0 saturated heterocycles. The first kappa shape index (κ1) is 16.3. The number of carbonyl (C=O) groups is 1. The van der Waals surface area contributed by atoms with E-state index in [-0.39, 0.29) is 5.60 Å². The number of aldehydes is 1. The molecule has 112 valence electrons. The zero-order valence-electron chi connectivity index (χ0n) is 13.0. The minimum absolute atomic E-state index is 0.379. The summed E-state index contributed by atoms with van der Waals surface area (Å²) in [6.45, 7) is 8.51. The summed E-state index contributed by atoms with van der Waals surface area (Å²) in [5.74, 6) is 1.60. The van der Waals surface area contributed by atoms with Gasteiger partial charge in [0.05, 0.1) is 13.7 Å². The van der Waals surface area contributed by atoms with Crippen molar-refractivity contribution in [1.29, 1.82) is 0 Å². The van der Waals surface area contributed by atoms with Crippen LogP contribution in [-0.4, -0.2) is 25.6 Å². The van der Waals surface area contributed by atoms with Crippen LogP contribution in [0.4, 0.5) is 0 Å². The normalized spacial score (nSPS) is 11.1. The van der Waals surface area contributed by atoms with Gasteiger partial charge in [-0.15, -0.1) is 0 Å². The molecule has 1 aromatic rings. The van der Waals surface area contributed by atoms with Crippen LogP contribution in [0.15, 0.2) is 12.1 Å². The van der Waals surface area contributed by atoms with Crippen molar-refractivity contribution in [3.05, 3.63) is 17.7 Å². The van der Waals surface area contributed by atoms with Crippen LogP contribution in [0.5, 0.6) is 17.2 Å². The van der Waals surface area contributed by atoms with E-state index in [1.54, 1.807) is 19.2 Å². The fourth-order valence-corrected chi connectivity index (χ4v) is 1.71. The first-order valence-corrected chi connectivity index (χ1v) is 6.90. The molecular formula is C16H24O4. The van der Waals surface area contributed by atoms with E-state index in [1.807, 2.05) is 20.8 Å². The molecule has 4 heteroatoms. The van der Waals surface area contributed by atoms with E-state index >= 15 is 0 Å². The highest BCUT2D eigenvalue weighted by Crippen LogP contribution is 2.40. The number of unbranched alkanes of at least 4 members (excludes halogenated alkanes) is 1. The van der Waals surface area contributed by atoms with Gasteiger partial charge in [0, 0.05) is 5.56 Å². The number of hydrogen-bond donors (Lipinski definition) is 0. The number of ether oxygens (including phenoxy) is 3. The Morgan fingerprint density at radius 2 is 1.85 bits per heavy atom. The van der Waals surface area contributed by atoms with Crippen molar-refractivity contribution in [1.82, 2.24) is 0 Å². The average molecular weight is 280 g/mol. The lowest BCUT2D eigenvalue weighted by molar-refractivity contribution is 0.111. The summed E-state index contributed by atoms with van der Waals surface area (Å²) < 4.78 is 16.9. The van der Waals surface area contributed by atoms with Gasteiger partial charge in [-0.25, -0.2) is 0 Å². The third-order valence-corrected chi connectivity index (χ3v) is 2.55. The molecule has 0 aliphatic carbocycles. The lowest BCUT2D eigenvalue weighted by Crippen LogP contribution is -2.23. The van der Waals surface area contributed by atoms with Gasteiger partial charge in [0.25, 0.3) is 0 Å². The van der Waals surface area contributed by atoms with E-state index in [4.69, 9.17) is 14.2 Å². The molecule has 1 rings (SSSR count). The van der Waals surface area contributed by atoms with Crippen molar-refractivity contribution in [2.75, 3.05) is 13.7 Å². The Bertz CT molecular complexity index is 447. The topological polar surface area (TPSA) is 44.8 Å². The summed E-state index contributed by atoms with van der Waals surface area (Å²) in [5.41, 5.74) is 0.131. The number of carbonyl (C=O) groups excluding carboxylic acids is 1. The standard InChI is InChI=1S/C16H24O4/c1-6-7-8-19-13-9-12(11-17)10-14(15(13)18-5)20-16(2,3)4/h9-11H,6-8H2,1-5H3. The molecule has 0 bridgehead atoms. The van der Waals surface area contributed by atoms with Crippen molar-refractivity contribution in [2.45, 2.75) is 46.1 Å². The third kappa shape index (κ3) is 4.76. The molecular weight excluding hydrogens is 256 g/mol. The van der Waals surface area contributed by atoms with E-state index in [9.17, 15) is 4.79 Å². The predicted octanol–water partition coefficient (Wildman–Crippen LogP) is 3.86. The molecule has 0 aliphatic rings. The zero-order chi connectivity index (χ0) is 15.2. The molecule has 20 heavy (non-hydrogen) atoms. The van der Waals surface area contributed by atoms with Gasteiger partial charge < -0.3 is 14.2 Å². The predicted molar refractivity (Wildman–Crippen MR) is 79.2 cm³/mol. The molecule has 0 N–H and O–H groups in total. The highest BCUT2D eigenvalue weighted by molar-refractivity contribution is 5.78. The van der Waals surface area contributed by atoms with Crippen LogP contribution in [0.2, 0.25) is 0 Å². The Balaban J connectivity index is 3.13. The molecule has 0 radical (unpaired) electrons. The highest BCUT2D eigenvalue weighted by atomic mass is 16.5. The molecule has 0 spiro atoms. The van der Waals surface area contributed by atoms with E-state index in [2.05, 4.69) is 6.92 Å². The fourth-order valence-electron chi connectivity index (χ4n) is 1.71. The first-order chi connectivity index (χ1) is 9.41.